The summed E-state index contributed by atoms with van der Waals surface area (Å²) in [5.41, 5.74) is 5.98. The van der Waals surface area contributed by atoms with Gasteiger partial charge in [-0.2, -0.15) is 0 Å². The van der Waals surface area contributed by atoms with Gasteiger partial charge in [0.05, 0.1) is 37.1 Å². The Balaban J connectivity index is 1.69. The maximum atomic E-state index is 5.61. The number of aromatic nitrogens is 2. The lowest BCUT2D eigenvalue weighted by Gasteiger charge is -2.15. The van der Waals surface area contributed by atoms with Crippen molar-refractivity contribution in [2.45, 2.75) is 0 Å². The third-order valence-electron chi connectivity index (χ3n) is 6.33. The Labute approximate surface area is 197 Å². The zero-order valence-corrected chi connectivity index (χ0v) is 18.9. The molecule has 0 fully saturated rings. The number of ether oxygens (including phenoxy) is 2. The number of hydrogen-bond acceptors (Lipinski definition) is 4. The zero-order valence-electron chi connectivity index (χ0n) is 18.9. The molecule has 0 bridgehead atoms. The van der Waals surface area contributed by atoms with E-state index in [0.717, 1.165) is 66.5 Å². The number of rotatable bonds is 4. The van der Waals surface area contributed by atoms with Crippen LogP contribution in [0.3, 0.4) is 0 Å². The van der Waals surface area contributed by atoms with Gasteiger partial charge in [0.2, 0.25) is 0 Å². The van der Waals surface area contributed by atoms with Crippen LogP contribution in [0.25, 0.3) is 55.0 Å². The van der Waals surface area contributed by atoms with Crippen LogP contribution in [0.15, 0.2) is 97.2 Å². The molecule has 4 nitrogen and oxygen atoms in total. The van der Waals surface area contributed by atoms with Crippen LogP contribution in [-0.2, 0) is 0 Å². The predicted octanol–water partition coefficient (Wildman–Crippen LogP) is 7.29. The van der Waals surface area contributed by atoms with Crippen LogP contribution < -0.4 is 9.47 Å². The molecule has 0 saturated carbocycles. The van der Waals surface area contributed by atoms with Gasteiger partial charge in [0, 0.05) is 21.7 Å². The minimum atomic E-state index is 0.829. The van der Waals surface area contributed by atoms with Crippen LogP contribution in [0.1, 0.15) is 0 Å². The largest absolute Gasteiger partial charge is 0.497 e. The Morgan fingerprint density at radius 1 is 0.618 bits per heavy atom. The molecule has 6 rings (SSSR count). The number of pyridine rings is 2. The van der Waals surface area contributed by atoms with Gasteiger partial charge in [-0.15, -0.1) is 0 Å². The Bertz CT molecular complexity index is 1670. The van der Waals surface area contributed by atoms with Crippen molar-refractivity contribution in [1.29, 1.82) is 0 Å². The van der Waals surface area contributed by atoms with Crippen molar-refractivity contribution in [3.63, 3.8) is 0 Å². The summed E-state index contributed by atoms with van der Waals surface area (Å²) in [4.78, 5) is 9.79. The molecule has 0 spiro atoms. The molecule has 2 heterocycles. The molecule has 0 amide bonds. The molecule has 0 N–H and O–H groups in total. The second-order valence-electron chi connectivity index (χ2n) is 8.18. The number of nitrogens with zero attached hydrogens (tertiary/aromatic N) is 2. The van der Waals surface area contributed by atoms with Gasteiger partial charge in [0.25, 0.3) is 0 Å². The van der Waals surface area contributed by atoms with Crippen molar-refractivity contribution in [2.75, 3.05) is 14.2 Å². The molecular formula is C30H22N2O2. The lowest BCUT2D eigenvalue weighted by atomic mass is 9.94. The van der Waals surface area contributed by atoms with E-state index in [1.165, 1.54) is 0 Å². The molecule has 0 aliphatic rings. The summed E-state index contributed by atoms with van der Waals surface area (Å²) in [5.74, 6) is 1.68. The molecule has 2 aromatic heterocycles. The number of benzene rings is 4. The molecule has 34 heavy (non-hydrogen) atoms. The first-order valence-electron chi connectivity index (χ1n) is 11.2. The fourth-order valence-corrected chi connectivity index (χ4v) is 4.68. The van der Waals surface area contributed by atoms with Crippen molar-refractivity contribution in [1.82, 2.24) is 9.97 Å². The minimum Gasteiger partial charge on any atom is -0.497 e. The smallest absolute Gasteiger partial charge is 0.126 e. The summed E-state index contributed by atoms with van der Waals surface area (Å²) in [5, 5.41) is 4.34. The molecule has 6 aromatic rings. The predicted molar refractivity (Wildman–Crippen MR) is 139 cm³/mol. The van der Waals surface area contributed by atoms with Crippen molar-refractivity contribution >= 4 is 32.6 Å². The standard InChI is InChI=1S/C30H22N2O2/c1-33-20-13-11-19(12-14-20)25-17-27(22-15-16-29(34-2)23-8-4-3-7-21(22)23)32-28-18-31-26-10-6-5-9-24(26)30(25)28/h3-18H,1-2H3. The first-order valence-corrected chi connectivity index (χ1v) is 11.2. The molecule has 0 radical (unpaired) electrons. The van der Waals surface area contributed by atoms with Crippen LogP contribution in [0.4, 0.5) is 0 Å². The second-order valence-corrected chi connectivity index (χ2v) is 8.18. The Kier molecular flexibility index (Phi) is 4.84. The van der Waals surface area contributed by atoms with Gasteiger partial charge < -0.3 is 9.47 Å². The SMILES string of the molecule is COc1ccc(-c2cc(-c3ccc(OC)c4ccccc34)nc3cnc4ccccc4c23)cc1. The summed E-state index contributed by atoms with van der Waals surface area (Å²) < 4.78 is 11.0. The van der Waals surface area contributed by atoms with Crippen LogP contribution in [-0.4, -0.2) is 24.2 Å². The van der Waals surface area contributed by atoms with E-state index in [1.807, 2.05) is 54.7 Å². The van der Waals surface area contributed by atoms with E-state index in [4.69, 9.17) is 19.4 Å². The summed E-state index contributed by atoms with van der Waals surface area (Å²) in [7, 11) is 3.39. The molecule has 4 aromatic carbocycles. The molecular weight excluding hydrogens is 420 g/mol. The monoisotopic (exact) mass is 442 g/mol. The minimum absolute atomic E-state index is 0.829. The third-order valence-corrected chi connectivity index (χ3v) is 6.33. The maximum Gasteiger partial charge on any atom is 0.126 e. The highest BCUT2D eigenvalue weighted by atomic mass is 16.5. The number of para-hydroxylation sites is 1. The van der Waals surface area contributed by atoms with Gasteiger partial charge in [0.1, 0.15) is 11.5 Å². The maximum absolute atomic E-state index is 5.61. The topological polar surface area (TPSA) is 44.2 Å². The quantitative estimate of drug-likeness (QED) is 0.269. The van der Waals surface area contributed by atoms with E-state index in [-0.39, 0.29) is 0 Å². The number of hydrogen-bond donors (Lipinski definition) is 0. The summed E-state index contributed by atoms with van der Waals surface area (Å²) in [6.07, 6.45) is 1.87. The molecule has 0 aliphatic heterocycles. The van der Waals surface area contributed by atoms with Crippen molar-refractivity contribution in [3.05, 3.63) is 97.2 Å². The van der Waals surface area contributed by atoms with E-state index in [1.54, 1.807) is 14.2 Å². The van der Waals surface area contributed by atoms with E-state index in [2.05, 4.69) is 42.5 Å². The lowest BCUT2D eigenvalue weighted by Crippen LogP contribution is -1.94. The van der Waals surface area contributed by atoms with Crippen LogP contribution in [0.5, 0.6) is 11.5 Å². The van der Waals surface area contributed by atoms with E-state index in [9.17, 15) is 0 Å². The first kappa shape index (κ1) is 20.2. The van der Waals surface area contributed by atoms with Gasteiger partial charge in [-0.1, -0.05) is 54.6 Å². The summed E-state index contributed by atoms with van der Waals surface area (Å²) >= 11 is 0. The lowest BCUT2D eigenvalue weighted by molar-refractivity contribution is 0.415. The zero-order chi connectivity index (χ0) is 23.1. The highest BCUT2D eigenvalue weighted by Gasteiger charge is 2.15. The Morgan fingerprint density at radius 2 is 1.35 bits per heavy atom. The molecule has 0 aliphatic carbocycles. The highest BCUT2D eigenvalue weighted by Crippen LogP contribution is 2.39. The summed E-state index contributed by atoms with van der Waals surface area (Å²) in [6, 6.07) is 30.9. The molecule has 4 heteroatoms. The Hall–Kier alpha value is -4.44. The van der Waals surface area contributed by atoms with Gasteiger partial charge in [-0.05, 0) is 52.9 Å². The average molecular weight is 443 g/mol. The van der Waals surface area contributed by atoms with Crippen molar-refractivity contribution in [3.8, 4) is 33.9 Å². The molecule has 0 saturated heterocycles. The first-order chi connectivity index (χ1) is 16.8. The van der Waals surface area contributed by atoms with Gasteiger partial charge >= 0.3 is 0 Å². The van der Waals surface area contributed by atoms with Crippen molar-refractivity contribution < 1.29 is 9.47 Å². The number of fused-ring (bicyclic) bond motifs is 4. The van der Waals surface area contributed by atoms with Gasteiger partial charge in [-0.3, -0.25) is 4.98 Å². The Morgan fingerprint density at radius 3 is 2.12 bits per heavy atom. The molecule has 0 atom stereocenters. The molecule has 164 valence electrons. The summed E-state index contributed by atoms with van der Waals surface area (Å²) in [6.45, 7) is 0. The fourth-order valence-electron chi connectivity index (χ4n) is 4.68. The van der Waals surface area contributed by atoms with E-state index < -0.39 is 0 Å². The number of methoxy groups -OCH3 is 2. The fraction of sp³-hybridized carbons (Fsp3) is 0.0667. The van der Waals surface area contributed by atoms with E-state index in [0.29, 0.717) is 0 Å². The van der Waals surface area contributed by atoms with E-state index >= 15 is 0 Å². The highest BCUT2D eigenvalue weighted by molar-refractivity contribution is 6.13. The van der Waals surface area contributed by atoms with Crippen molar-refractivity contribution in [2.24, 2.45) is 0 Å². The van der Waals surface area contributed by atoms with Crippen LogP contribution in [0.2, 0.25) is 0 Å². The second kappa shape index (κ2) is 8.16. The van der Waals surface area contributed by atoms with Gasteiger partial charge in [-0.25, -0.2) is 4.98 Å². The molecule has 0 unspecified atom stereocenters. The third kappa shape index (κ3) is 3.23. The van der Waals surface area contributed by atoms with Crippen LogP contribution in [0, 0.1) is 0 Å². The van der Waals surface area contributed by atoms with Gasteiger partial charge in [0.15, 0.2) is 0 Å². The average Bonchev–Trinajstić information content (AvgIpc) is 2.91. The van der Waals surface area contributed by atoms with Crippen LogP contribution >= 0.6 is 0 Å². The normalized spacial score (nSPS) is 11.2.